The fourth-order valence-corrected chi connectivity index (χ4v) is 5.15. The van der Waals surface area contributed by atoms with Crippen LogP contribution in [0.15, 0.2) is 5.16 Å². The minimum absolute atomic E-state index is 0.0828. The summed E-state index contributed by atoms with van der Waals surface area (Å²) in [5.74, 6) is 0.163. The number of hydrogen-bond donors (Lipinski definition) is 2. The summed E-state index contributed by atoms with van der Waals surface area (Å²) in [7, 11) is 0. The average molecular weight is 453 g/mol. The summed E-state index contributed by atoms with van der Waals surface area (Å²) in [4.78, 5) is 25.1. The van der Waals surface area contributed by atoms with Gasteiger partial charge in [0, 0.05) is 6.54 Å². The maximum Gasteiger partial charge on any atom is 0.408 e. The van der Waals surface area contributed by atoms with E-state index in [4.69, 9.17) is 4.74 Å². The first-order chi connectivity index (χ1) is 14.8. The molecule has 0 bridgehead atoms. The van der Waals surface area contributed by atoms with E-state index in [0.717, 1.165) is 51.4 Å². The van der Waals surface area contributed by atoms with Crippen molar-refractivity contribution in [3.8, 4) is 0 Å². The molecule has 2 saturated carbocycles. The van der Waals surface area contributed by atoms with Crippen LogP contribution < -0.4 is 10.6 Å². The first-order valence-electron chi connectivity index (χ1n) is 11.4. The second-order valence-electron chi connectivity index (χ2n) is 9.73. The van der Waals surface area contributed by atoms with E-state index in [9.17, 15) is 9.59 Å². The maximum absolute atomic E-state index is 12.6. The van der Waals surface area contributed by atoms with Gasteiger partial charge in [-0.3, -0.25) is 4.79 Å². The zero-order chi connectivity index (χ0) is 22.3. The zero-order valence-electron chi connectivity index (χ0n) is 19.0. The Morgan fingerprint density at radius 1 is 1.13 bits per heavy atom. The van der Waals surface area contributed by atoms with Crippen LogP contribution in [-0.2, 0) is 9.53 Å². The Balaban J connectivity index is 1.54. The van der Waals surface area contributed by atoms with Crippen molar-refractivity contribution in [1.82, 2.24) is 30.8 Å². The third kappa shape index (κ3) is 7.36. The summed E-state index contributed by atoms with van der Waals surface area (Å²) in [6, 6.07) is 0.341. The molecule has 0 saturated heterocycles. The monoisotopic (exact) mass is 452 g/mol. The lowest BCUT2D eigenvalue weighted by atomic mass is 9.90. The molecule has 2 amide bonds. The summed E-state index contributed by atoms with van der Waals surface area (Å²) in [5.41, 5.74) is -1.02. The Morgan fingerprint density at radius 3 is 2.45 bits per heavy atom. The first-order valence-corrected chi connectivity index (χ1v) is 12.4. The highest BCUT2D eigenvalue weighted by atomic mass is 32.2. The number of amides is 2. The zero-order valence-corrected chi connectivity index (χ0v) is 19.8. The highest BCUT2D eigenvalue weighted by Gasteiger charge is 2.34. The second kappa shape index (κ2) is 10.7. The highest BCUT2D eigenvalue weighted by Crippen LogP contribution is 2.31. The number of aromatic nitrogens is 4. The van der Waals surface area contributed by atoms with Crippen molar-refractivity contribution in [2.24, 2.45) is 0 Å². The van der Waals surface area contributed by atoms with Gasteiger partial charge in [-0.25, -0.2) is 9.48 Å². The smallest absolute Gasteiger partial charge is 0.408 e. The molecule has 2 aliphatic rings. The minimum Gasteiger partial charge on any atom is -0.444 e. The van der Waals surface area contributed by atoms with Gasteiger partial charge in [0.2, 0.25) is 11.1 Å². The molecule has 2 N–H and O–H groups in total. The molecule has 0 aliphatic heterocycles. The van der Waals surface area contributed by atoms with E-state index in [1.807, 2.05) is 25.5 Å². The summed E-state index contributed by atoms with van der Waals surface area (Å²) >= 11 is 1.36. The Labute approximate surface area is 188 Å². The molecule has 0 unspecified atom stereocenters. The van der Waals surface area contributed by atoms with Gasteiger partial charge >= 0.3 is 6.09 Å². The summed E-state index contributed by atoms with van der Waals surface area (Å²) in [6.07, 6.45) is 10.1. The number of rotatable bonds is 7. The molecular weight excluding hydrogens is 416 g/mol. The third-order valence-electron chi connectivity index (χ3n) is 5.92. The average Bonchev–Trinajstić information content (AvgIpc) is 3.32. The Kier molecular flexibility index (Phi) is 8.18. The summed E-state index contributed by atoms with van der Waals surface area (Å²) in [6.45, 7) is 5.96. The van der Waals surface area contributed by atoms with Crippen LogP contribution in [0.1, 0.15) is 91.0 Å². The largest absolute Gasteiger partial charge is 0.444 e. The predicted octanol–water partition coefficient (Wildman–Crippen LogP) is 3.61. The van der Waals surface area contributed by atoms with Crippen LogP contribution in [0.2, 0.25) is 0 Å². The number of alkyl carbamates (subject to hydrolysis) is 1. The van der Waals surface area contributed by atoms with E-state index in [-0.39, 0.29) is 11.7 Å². The summed E-state index contributed by atoms with van der Waals surface area (Å²) < 4.78 is 7.34. The SMILES string of the molecule is CC(C)(C)OC(=O)NC1(CNC(=O)CSc2nnnn2C2CCCC2)CCCCCC1. The van der Waals surface area contributed by atoms with Crippen molar-refractivity contribution in [1.29, 1.82) is 0 Å². The minimum atomic E-state index is -0.556. The number of nitrogens with zero attached hydrogens (tertiary/aromatic N) is 4. The van der Waals surface area contributed by atoms with Crippen LogP contribution in [0.25, 0.3) is 0 Å². The number of tetrazole rings is 1. The van der Waals surface area contributed by atoms with E-state index in [2.05, 4.69) is 26.2 Å². The van der Waals surface area contributed by atoms with Gasteiger partial charge < -0.3 is 15.4 Å². The molecular formula is C21H36N6O3S. The molecule has 2 fully saturated rings. The number of hydrogen-bond acceptors (Lipinski definition) is 7. The molecule has 3 rings (SSSR count). The van der Waals surface area contributed by atoms with Crippen LogP contribution in [0, 0.1) is 0 Å². The number of carbonyl (C=O) groups is 2. The first kappa shape index (κ1) is 23.8. The Bertz CT molecular complexity index is 734. The molecule has 174 valence electrons. The van der Waals surface area contributed by atoms with Crippen LogP contribution in [0.3, 0.4) is 0 Å². The number of carbonyl (C=O) groups excluding carboxylic acids is 2. The van der Waals surface area contributed by atoms with Gasteiger partial charge in [-0.2, -0.15) is 0 Å². The van der Waals surface area contributed by atoms with Crippen molar-refractivity contribution >= 4 is 23.8 Å². The van der Waals surface area contributed by atoms with Gasteiger partial charge in [0.1, 0.15) is 5.60 Å². The fraction of sp³-hybridized carbons (Fsp3) is 0.857. The van der Waals surface area contributed by atoms with Crippen molar-refractivity contribution in [2.45, 2.75) is 107 Å². The molecule has 31 heavy (non-hydrogen) atoms. The standard InChI is InChI=1S/C21H36N6O3S/c1-20(2,3)30-19(29)23-21(12-8-4-5-9-13-21)15-22-17(28)14-31-18-24-25-26-27(18)16-10-6-7-11-16/h16H,4-15H2,1-3H3,(H,22,28)(H,23,29). The lowest BCUT2D eigenvalue weighted by Crippen LogP contribution is -2.56. The highest BCUT2D eigenvalue weighted by molar-refractivity contribution is 7.99. The van der Waals surface area contributed by atoms with Crippen LogP contribution in [-0.4, -0.2) is 55.6 Å². The van der Waals surface area contributed by atoms with E-state index in [1.54, 1.807) is 0 Å². The second-order valence-corrected chi connectivity index (χ2v) is 10.7. The lowest BCUT2D eigenvalue weighted by molar-refractivity contribution is -0.118. The third-order valence-corrected chi connectivity index (χ3v) is 6.85. The van der Waals surface area contributed by atoms with Gasteiger partial charge in [-0.05, 0) is 56.9 Å². The van der Waals surface area contributed by atoms with Gasteiger partial charge in [-0.1, -0.05) is 50.3 Å². The Hall–Kier alpha value is -1.84. The van der Waals surface area contributed by atoms with E-state index >= 15 is 0 Å². The van der Waals surface area contributed by atoms with Crippen molar-refractivity contribution < 1.29 is 14.3 Å². The fourth-order valence-electron chi connectivity index (χ4n) is 4.38. The summed E-state index contributed by atoms with van der Waals surface area (Å²) in [5, 5.41) is 18.8. The van der Waals surface area contributed by atoms with E-state index in [1.165, 1.54) is 24.6 Å². The van der Waals surface area contributed by atoms with Crippen LogP contribution in [0.5, 0.6) is 0 Å². The predicted molar refractivity (Wildman–Crippen MR) is 119 cm³/mol. The molecule has 1 heterocycles. The quantitative estimate of drug-likeness (QED) is 0.480. The number of thioether (sulfide) groups is 1. The lowest BCUT2D eigenvalue weighted by Gasteiger charge is -2.35. The van der Waals surface area contributed by atoms with Gasteiger partial charge in [-0.15, -0.1) is 5.10 Å². The van der Waals surface area contributed by atoms with Crippen molar-refractivity contribution in [3.63, 3.8) is 0 Å². The van der Waals surface area contributed by atoms with Crippen molar-refractivity contribution in [3.05, 3.63) is 0 Å². The topological polar surface area (TPSA) is 111 Å². The van der Waals surface area contributed by atoms with Gasteiger partial charge in [0.15, 0.2) is 0 Å². The van der Waals surface area contributed by atoms with E-state index < -0.39 is 17.2 Å². The molecule has 0 radical (unpaired) electrons. The van der Waals surface area contributed by atoms with Crippen LogP contribution in [0.4, 0.5) is 4.79 Å². The Morgan fingerprint density at radius 2 is 1.81 bits per heavy atom. The molecule has 2 aliphatic carbocycles. The molecule has 1 aromatic rings. The maximum atomic E-state index is 12.6. The van der Waals surface area contributed by atoms with Crippen molar-refractivity contribution in [2.75, 3.05) is 12.3 Å². The van der Waals surface area contributed by atoms with Gasteiger partial charge in [0.25, 0.3) is 0 Å². The molecule has 0 atom stereocenters. The molecule has 9 nitrogen and oxygen atoms in total. The normalized spacial score (nSPS) is 19.6. The molecule has 10 heteroatoms. The molecule has 1 aromatic heterocycles. The number of nitrogens with one attached hydrogen (secondary N) is 2. The number of ether oxygens (including phenoxy) is 1. The molecule has 0 spiro atoms. The van der Waals surface area contributed by atoms with Crippen LogP contribution >= 0.6 is 11.8 Å². The van der Waals surface area contributed by atoms with Gasteiger partial charge in [0.05, 0.1) is 17.3 Å². The molecule has 0 aromatic carbocycles. The van der Waals surface area contributed by atoms with E-state index in [0.29, 0.717) is 17.7 Å².